The number of rotatable bonds is 3. The lowest BCUT2D eigenvalue weighted by molar-refractivity contribution is 0.249. The number of aromatic nitrogens is 1. The Morgan fingerprint density at radius 1 is 1.07 bits per heavy atom. The first kappa shape index (κ1) is 16.6. The van der Waals surface area contributed by atoms with Gasteiger partial charge in [-0.25, -0.2) is 4.39 Å². The van der Waals surface area contributed by atoms with Crippen LogP contribution in [0.2, 0.25) is 0 Å². The molecule has 1 aliphatic heterocycles. The summed E-state index contributed by atoms with van der Waals surface area (Å²) in [7, 11) is 0. The topological polar surface area (TPSA) is 16.1 Å². The minimum absolute atomic E-state index is 0.145. The maximum absolute atomic E-state index is 13.6. The lowest BCUT2D eigenvalue weighted by Gasteiger charge is -2.27. The van der Waals surface area contributed by atoms with Gasteiger partial charge in [0.25, 0.3) is 0 Å². The average molecular weight is 374 g/mol. The van der Waals surface area contributed by atoms with Crippen LogP contribution in [0.25, 0.3) is 21.2 Å². The maximum Gasteiger partial charge on any atom is 0.123 e. The van der Waals surface area contributed by atoms with E-state index in [9.17, 15) is 4.39 Å². The van der Waals surface area contributed by atoms with E-state index < -0.39 is 0 Å². The summed E-state index contributed by atoms with van der Waals surface area (Å²) in [6.07, 6.45) is 4.82. The van der Waals surface area contributed by atoms with Crippen molar-refractivity contribution in [3.63, 3.8) is 0 Å². The fourth-order valence-corrected chi connectivity index (χ4v) is 5.23. The predicted octanol–water partition coefficient (Wildman–Crippen LogP) is 5.66. The number of benzene rings is 2. The average Bonchev–Trinajstić information content (AvgIpc) is 3.06. The summed E-state index contributed by atoms with van der Waals surface area (Å²) in [6.45, 7) is 2.78. The predicted molar refractivity (Wildman–Crippen MR) is 109 cm³/mol. The zero-order valence-corrected chi connectivity index (χ0v) is 15.7. The highest BCUT2D eigenvalue weighted by molar-refractivity contribution is 7.19. The second kappa shape index (κ2) is 6.87. The Morgan fingerprint density at radius 3 is 2.85 bits per heavy atom. The monoisotopic (exact) mass is 374 g/mol. The second-order valence-electron chi connectivity index (χ2n) is 7.00. The minimum atomic E-state index is -0.145. The SMILES string of the molecule is Fc1ccc2sc3c(c2c1)CCN(Cc1cnccc1-c1ccccc1)C3. The summed E-state index contributed by atoms with van der Waals surface area (Å²) in [6, 6.07) is 17.7. The Bertz CT molecular complexity index is 1100. The van der Waals surface area contributed by atoms with Crippen LogP contribution in [0.5, 0.6) is 0 Å². The van der Waals surface area contributed by atoms with Crippen LogP contribution in [0.1, 0.15) is 16.0 Å². The van der Waals surface area contributed by atoms with E-state index in [1.807, 2.05) is 24.5 Å². The van der Waals surface area contributed by atoms with Gasteiger partial charge in [0, 0.05) is 41.6 Å². The molecule has 0 bridgehead atoms. The second-order valence-corrected chi connectivity index (χ2v) is 8.14. The van der Waals surface area contributed by atoms with Gasteiger partial charge < -0.3 is 0 Å². The molecule has 0 saturated carbocycles. The van der Waals surface area contributed by atoms with E-state index in [0.29, 0.717) is 0 Å². The Hall–Kier alpha value is -2.56. The van der Waals surface area contributed by atoms with Gasteiger partial charge in [-0.1, -0.05) is 30.3 Å². The first-order valence-corrected chi connectivity index (χ1v) is 10.00. The first-order chi connectivity index (χ1) is 13.3. The third-order valence-electron chi connectivity index (χ3n) is 5.26. The standard InChI is InChI=1S/C23H19FN2S/c24-18-6-7-22-21(12-18)20-9-11-26(15-23(20)27-22)14-17-13-25-10-8-19(17)16-4-2-1-3-5-16/h1-8,10,12-13H,9,11,14-15H2. The normalized spacial score (nSPS) is 14.4. The van der Waals surface area contributed by atoms with Crippen LogP contribution >= 0.6 is 11.3 Å². The van der Waals surface area contributed by atoms with Crippen molar-refractivity contribution in [1.82, 2.24) is 9.88 Å². The van der Waals surface area contributed by atoms with Crippen molar-refractivity contribution >= 4 is 21.4 Å². The van der Waals surface area contributed by atoms with Crippen molar-refractivity contribution in [1.29, 1.82) is 0 Å². The summed E-state index contributed by atoms with van der Waals surface area (Å²) < 4.78 is 14.8. The maximum atomic E-state index is 13.6. The molecule has 1 aliphatic rings. The van der Waals surface area contributed by atoms with E-state index in [1.165, 1.54) is 31.8 Å². The smallest absolute Gasteiger partial charge is 0.123 e. The van der Waals surface area contributed by atoms with Crippen molar-refractivity contribution in [3.8, 4) is 11.1 Å². The van der Waals surface area contributed by atoms with Gasteiger partial charge in [-0.2, -0.15) is 0 Å². The summed E-state index contributed by atoms with van der Waals surface area (Å²) in [4.78, 5) is 8.20. The van der Waals surface area contributed by atoms with Crippen molar-refractivity contribution in [2.24, 2.45) is 0 Å². The molecule has 0 aliphatic carbocycles. The number of fused-ring (bicyclic) bond motifs is 3. The van der Waals surface area contributed by atoms with Gasteiger partial charge >= 0.3 is 0 Å². The van der Waals surface area contributed by atoms with E-state index in [4.69, 9.17) is 0 Å². The number of hydrogen-bond acceptors (Lipinski definition) is 3. The van der Waals surface area contributed by atoms with E-state index in [0.717, 1.165) is 31.4 Å². The summed E-state index contributed by atoms with van der Waals surface area (Å²) in [5.74, 6) is -0.145. The Morgan fingerprint density at radius 2 is 1.96 bits per heavy atom. The van der Waals surface area contributed by atoms with Gasteiger partial charge in [-0.3, -0.25) is 9.88 Å². The molecule has 0 fully saturated rings. The first-order valence-electron chi connectivity index (χ1n) is 9.18. The fraction of sp³-hybridized carbons (Fsp3) is 0.174. The molecule has 4 aromatic rings. The molecule has 4 heteroatoms. The van der Waals surface area contributed by atoms with Gasteiger partial charge in [0.15, 0.2) is 0 Å². The third kappa shape index (κ3) is 3.15. The van der Waals surface area contributed by atoms with Crippen molar-refractivity contribution < 1.29 is 4.39 Å². The minimum Gasteiger partial charge on any atom is -0.294 e. The van der Waals surface area contributed by atoms with Crippen molar-refractivity contribution in [2.75, 3.05) is 6.54 Å². The molecule has 27 heavy (non-hydrogen) atoms. The number of thiophene rings is 1. The summed E-state index contributed by atoms with van der Waals surface area (Å²) in [5.41, 5.74) is 5.05. The molecular formula is C23H19FN2S. The Kier molecular flexibility index (Phi) is 4.23. The molecule has 134 valence electrons. The van der Waals surface area contributed by atoms with E-state index in [2.05, 4.69) is 40.2 Å². The number of hydrogen-bond donors (Lipinski definition) is 0. The van der Waals surface area contributed by atoms with E-state index >= 15 is 0 Å². The molecule has 0 saturated heterocycles. The van der Waals surface area contributed by atoms with Crippen LogP contribution in [-0.4, -0.2) is 16.4 Å². The molecule has 0 radical (unpaired) electrons. The van der Waals surface area contributed by atoms with Gasteiger partial charge in [0.1, 0.15) is 5.82 Å². The van der Waals surface area contributed by atoms with Gasteiger partial charge in [-0.15, -0.1) is 11.3 Å². The summed E-state index contributed by atoms with van der Waals surface area (Å²) in [5, 5.41) is 1.10. The quantitative estimate of drug-likeness (QED) is 0.460. The van der Waals surface area contributed by atoms with Crippen molar-refractivity contribution in [3.05, 3.63) is 88.8 Å². The zero-order chi connectivity index (χ0) is 18.2. The molecular weight excluding hydrogens is 355 g/mol. The van der Waals surface area contributed by atoms with E-state index in [1.54, 1.807) is 23.5 Å². The molecule has 0 N–H and O–H groups in total. The zero-order valence-electron chi connectivity index (χ0n) is 14.9. The molecule has 5 rings (SSSR count). The van der Waals surface area contributed by atoms with Crippen LogP contribution in [0.3, 0.4) is 0 Å². The van der Waals surface area contributed by atoms with E-state index in [-0.39, 0.29) is 5.82 Å². The van der Waals surface area contributed by atoms with Crippen LogP contribution in [-0.2, 0) is 19.5 Å². The molecule has 0 amide bonds. The Labute approximate surface area is 161 Å². The Balaban J connectivity index is 1.43. The lowest BCUT2D eigenvalue weighted by atomic mass is 10.00. The largest absolute Gasteiger partial charge is 0.294 e. The fourth-order valence-electron chi connectivity index (χ4n) is 3.95. The lowest BCUT2D eigenvalue weighted by Crippen LogP contribution is -2.29. The molecule has 2 aromatic carbocycles. The van der Waals surface area contributed by atoms with Crippen LogP contribution in [0, 0.1) is 5.82 Å². The molecule has 0 atom stereocenters. The third-order valence-corrected chi connectivity index (χ3v) is 6.46. The molecule has 2 nitrogen and oxygen atoms in total. The number of pyridine rings is 1. The highest BCUT2D eigenvalue weighted by Crippen LogP contribution is 2.36. The molecule has 0 unspecified atom stereocenters. The highest BCUT2D eigenvalue weighted by atomic mass is 32.1. The number of halogens is 1. The summed E-state index contributed by atoms with van der Waals surface area (Å²) >= 11 is 1.80. The highest BCUT2D eigenvalue weighted by Gasteiger charge is 2.22. The number of nitrogens with zero attached hydrogens (tertiary/aromatic N) is 2. The van der Waals surface area contributed by atoms with Crippen molar-refractivity contribution in [2.45, 2.75) is 19.5 Å². The van der Waals surface area contributed by atoms with Crippen LogP contribution in [0.15, 0.2) is 67.0 Å². The van der Waals surface area contributed by atoms with Crippen LogP contribution < -0.4 is 0 Å². The van der Waals surface area contributed by atoms with Gasteiger partial charge in [-0.05, 0) is 58.3 Å². The molecule has 0 spiro atoms. The van der Waals surface area contributed by atoms with Crippen LogP contribution in [0.4, 0.5) is 4.39 Å². The van der Waals surface area contributed by atoms with Gasteiger partial charge in [0.05, 0.1) is 0 Å². The van der Waals surface area contributed by atoms with Gasteiger partial charge in [0.2, 0.25) is 0 Å². The molecule has 3 heterocycles. The molecule has 2 aromatic heterocycles.